The van der Waals surface area contributed by atoms with Gasteiger partial charge in [-0.25, -0.2) is 0 Å². The molecule has 0 aliphatic carbocycles. The molecule has 6 nitrogen and oxygen atoms in total. The summed E-state index contributed by atoms with van der Waals surface area (Å²) in [6.07, 6.45) is 0. The minimum Gasteiger partial charge on any atom is -0.376 e. The minimum atomic E-state index is -0.338. The Hall–Kier alpha value is -2.86. The molecule has 2 rings (SSSR count). The second kappa shape index (κ2) is 9.01. The van der Waals surface area contributed by atoms with E-state index in [0.717, 1.165) is 5.56 Å². The van der Waals surface area contributed by atoms with Crippen molar-refractivity contribution in [2.24, 2.45) is 0 Å². The molecule has 2 amide bonds. The molecular formula is C19H20ClN3O3. The number of amides is 2. The van der Waals surface area contributed by atoms with Crippen molar-refractivity contribution in [1.82, 2.24) is 5.32 Å². The zero-order chi connectivity index (χ0) is 19.1. The van der Waals surface area contributed by atoms with E-state index in [4.69, 9.17) is 11.6 Å². The Labute approximate surface area is 156 Å². The quantitative estimate of drug-likeness (QED) is 0.651. The zero-order valence-corrected chi connectivity index (χ0v) is 15.3. The molecule has 0 aromatic heterocycles. The summed E-state index contributed by atoms with van der Waals surface area (Å²) in [5.74, 6) is -0.677. The van der Waals surface area contributed by atoms with E-state index in [1.54, 1.807) is 49.4 Å². The Morgan fingerprint density at radius 3 is 2.31 bits per heavy atom. The third-order valence-corrected chi connectivity index (χ3v) is 4.14. The standard InChI is InChI=1S/C19H20ClN3O3/c1-12-16(20)4-3-5-17(12)23-19(26)11-22-18(25)10-21-15-8-6-14(7-9-15)13(2)24/h3-9,21H,10-11H2,1-2H3,(H,22,25)(H,23,26). The molecule has 0 bridgehead atoms. The Balaban J connectivity index is 1.76. The molecular weight excluding hydrogens is 354 g/mol. The smallest absolute Gasteiger partial charge is 0.243 e. The van der Waals surface area contributed by atoms with Crippen LogP contribution in [-0.2, 0) is 9.59 Å². The molecule has 0 atom stereocenters. The van der Waals surface area contributed by atoms with Gasteiger partial charge < -0.3 is 16.0 Å². The molecule has 0 unspecified atom stereocenters. The van der Waals surface area contributed by atoms with Crippen LogP contribution in [0, 0.1) is 6.92 Å². The average molecular weight is 374 g/mol. The van der Waals surface area contributed by atoms with E-state index in [-0.39, 0.29) is 30.7 Å². The van der Waals surface area contributed by atoms with Crippen molar-refractivity contribution < 1.29 is 14.4 Å². The maximum absolute atomic E-state index is 11.9. The number of benzene rings is 2. The lowest BCUT2D eigenvalue weighted by molar-refractivity contribution is -0.122. The highest BCUT2D eigenvalue weighted by Crippen LogP contribution is 2.22. The van der Waals surface area contributed by atoms with E-state index in [2.05, 4.69) is 16.0 Å². The van der Waals surface area contributed by atoms with Gasteiger partial charge in [-0.1, -0.05) is 17.7 Å². The van der Waals surface area contributed by atoms with Gasteiger partial charge in [-0.2, -0.15) is 0 Å². The van der Waals surface area contributed by atoms with Gasteiger partial charge in [0.25, 0.3) is 0 Å². The van der Waals surface area contributed by atoms with Crippen LogP contribution in [0.3, 0.4) is 0 Å². The van der Waals surface area contributed by atoms with Gasteiger partial charge in [0.2, 0.25) is 11.8 Å². The number of nitrogens with one attached hydrogen (secondary N) is 3. The normalized spacial score (nSPS) is 10.1. The number of rotatable bonds is 7. The van der Waals surface area contributed by atoms with Gasteiger partial charge in [-0.3, -0.25) is 14.4 Å². The molecule has 0 aliphatic rings. The molecule has 26 heavy (non-hydrogen) atoms. The van der Waals surface area contributed by atoms with E-state index in [9.17, 15) is 14.4 Å². The first-order valence-corrected chi connectivity index (χ1v) is 8.41. The van der Waals surface area contributed by atoms with Crippen molar-refractivity contribution in [2.45, 2.75) is 13.8 Å². The van der Waals surface area contributed by atoms with E-state index < -0.39 is 0 Å². The summed E-state index contributed by atoms with van der Waals surface area (Å²) in [5, 5.41) is 8.73. The molecule has 136 valence electrons. The molecule has 2 aromatic carbocycles. The third-order valence-electron chi connectivity index (χ3n) is 3.73. The number of Topliss-reactive ketones (excluding diaryl/α,β-unsaturated/α-hetero) is 1. The highest BCUT2D eigenvalue weighted by Gasteiger charge is 2.09. The maximum atomic E-state index is 11.9. The van der Waals surface area contributed by atoms with Crippen LogP contribution in [0.1, 0.15) is 22.8 Å². The SMILES string of the molecule is CC(=O)c1ccc(NCC(=O)NCC(=O)Nc2cccc(Cl)c2C)cc1. The van der Waals surface area contributed by atoms with E-state index in [0.29, 0.717) is 22.0 Å². The van der Waals surface area contributed by atoms with E-state index >= 15 is 0 Å². The van der Waals surface area contributed by atoms with Crippen molar-refractivity contribution in [2.75, 3.05) is 23.7 Å². The fraction of sp³-hybridized carbons (Fsp3) is 0.211. The van der Waals surface area contributed by atoms with Crippen LogP contribution >= 0.6 is 11.6 Å². The lowest BCUT2D eigenvalue weighted by Crippen LogP contribution is -2.36. The van der Waals surface area contributed by atoms with Crippen LogP contribution in [0.15, 0.2) is 42.5 Å². The number of halogens is 1. The second-order valence-corrected chi connectivity index (χ2v) is 6.13. The summed E-state index contributed by atoms with van der Waals surface area (Å²) in [6.45, 7) is 3.17. The Kier molecular flexibility index (Phi) is 6.74. The first-order chi connectivity index (χ1) is 12.4. The third kappa shape index (κ3) is 5.60. The number of carbonyl (C=O) groups excluding carboxylic acids is 3. The average Bonchev–Trinajstić information content (AvgIpc) is 2.62. The summed E-state index contributed by atoms with van der Waals surface area (Å²) in [4.78, 5) is 35.0. The number of ketones is 1. The highest BCUT2D eigenvalue weighted by atomic mass is 35.5. The minimum absolute atomic E-state index is 0.0168. The Bertz CT molecular complexity index is 819. The zero-order valence-electron chi connectivity index (χ0n) is 14.6. The van der Waals surface area contributed by atoms with Crippen molar-refractivity contribution in [3.05, 3.63) is 58.6 Å². The molecule has 0 radical (unpaired) electrons. The summed E-state index contributed by atoms with van der Waals surface area (Å²) in [6, 6.07) is 12.0. The molecule has 0 fully saturated rings. The molecule has 3 N–H and O–H groups in total. The summed E-state index contributed by atoms with van der Waals surface area (Å²) < 4.78 is 0. The second-order valence-electron chi connectivity index (χ2n) is 5.72. The number of hydrogen-bond donors (Lipinski definition) is 3. The largest absolute Gasteiger partial charge is 0.376 e. The predicted octanol–water partition coefficient (Wildman–Crippen LogP) is 3.02. The molecule has 0 saturated heterocycles. The number of anilines is 2. The Morgan fingerprint density at radius 1 is 0.962 bits per heavy atom. The molecule has 0 heterocycles. The van der Waals surface area contributed by atoms with Gasteiger partial charge in [0.05, 0.1) is 13.1 Å². The number of carbonyl (C=O) groups is 3. The summed E-state index contributed by atoms with van der Waals surface area (Å²) in [7, 11) is 0. The van der Waals surface area contributed by atoms with Crippen molar-refractivity contribution >= 4 is 40.6 Å². The number of hydrogen-bond acceptors (Lipinski definition) is 4. The summed E-state index contributed by atoms with van der Waals surface area (Å²) >= 11 is 6.00. The molecule has 0 spiro atoms. The fourth-order valence-corrected chi connectivity index (χ4v) is 2.36. The van der Waals surface area contributed by atoms with E-state index in [1.165, 1.54) is 6.92 Å². The van der Waals surface area contributed by atoms with Gasteiger partial charge in [0.15, 0.2) is 5.78 Å². The Morgan fingerprint density at radius 2 is 1.65 bits per heavy atom. The van der Waals surface area contributed by atoms with Gasteiger partial charge in [-0.05, 0) is 55.8 Å². The predicted molar refractivity (Wildman–Crippen MR) is 103 cm³/mol. The van der Waals surface area contributed by atoms with Crippen molar-refractivity contribution in [3.8, 4) is 0 Å². The topological polar surface area (TPSA) is 87.3 Å². The van der Waals surface area contributed by atoms with Crippen LogP contribution in [0.2, 0.25) is 5.02 Å². The molecule has 2 aromatic rings. The van der Waals surface area contributed by atoms with Crippen LogP contribution in [-0.4, -0.2) is 30.7 Å². The van der Waals surface area contributed by atoms with Gasteiger partial charge in [0.1, 0.15) is 0 Å². The molecule has 0 aliphatic heterocycles. The van der Waals surface area contributed by atoms with Gasteiger partial charge in [-0.15, -0.1) is 0 Å². The summed E-state index contributed by atoms with van der Waals surface area (Å²) in [5.41, 5.74) is 2.70. The monoisotopic (exact) mass is 373 g/mol. The van der Waals surface area contributed by atoms with E-state index in [1.807, 2.05) is 0 Å². The van der Waals surface area contributed by atoms with Crippen LogP contribution in [0.25, 0.3) is 0 Å². The van der Waals surface area contributed by atoms with Crippen molar-refractivity contribution in [3.63, 3.8) is 0 Å². The molecule has 0 saturated carbocycles. The maximum Gasteiger partial charge on any atom is 0.243 e. The lowest BCUT2D eigenvalue weighted by Gasteiger charge is -2.11. The first-order valence-electron chi connectivity index (χ1n) is 8.03. The molecule has 7 heteroatoms. The van der Waals surface area contributed by atoms with Crippen LogP contribution < -0.4 is 16.0 Å². The first kappa shape index (κ1) is 19.5. The highest BCUT2D eigenvalue weighted by molar-refractivity contribution is 6.31. The fourth-order valence-electron chi connectivity index (χ4n) is 2.18. The van der Waals surface area contributed by atoms with Crippen LogP contribution in [0.5, 0.6) is 0 Å². The van der Waals surface area contributed by atoms with Gasteiger partial charge in [0, 0.05) is 22.0 Å². The van der Waals surface area contributed by atoms with Crippen LogP contribution in [0.4, 0.5) is 11.4 Å². The van der Waals surface area contributed by atoms with Crippen molar-refractivity contribution in [1.29, 1.82) is 0 Å². The van der Waals surface area contributed by atoms with Gasteiger partial charge >= 0.3 is 0 Å². The lowest BCUT2D eigenvalue weighted by atomic mass is 10.1.